The maximum absolute atomic E-state index is 12.7. The van der Waals surface area contributed by atoms with Crippen molar-refractivity contribution in [1.82, 2.24) is 0 Å². The summed E-state index contributed by atoms with van der Waals surface area (Å²) < 4.78 is 12.7. The molecule has 0 fully saturated rings. The van der Waals surface area contributed by atoms with Gasteiger partial charge < -0.3 is 0 Å². The summed E-state index contributed by atoms with van der Waals surface area (Å²) >= 11 is -0.940. The molecule has 0 aliphatic rings. The molecule has 0 nitrogen and oxygen atoms in total. The molecule has 0 N–H and O–H groups in total. The van der Waals surface area contributed by atoms with Gasteiger partial charge in [0.05, 0.1) is 0 Å². The van der Waals surface area contributed by atoms with Crippen LogP contribution < -0.4 is 0 Å². The molecule has 0 heterocycles. The van der Waals surface area contributed by atoms with Crippen molar-refractivity contribution in [1.29, 1.82) is 0 Å². The van der Waals surface area contributed by atoms with Gasteiger partial charge in [0.25, 0.3) is 0 Å². The predicted octanol–water partition coefficient (Wildman–Crippen LogP) is 2.98. The van der Waals surface area contributed by atoms with E-state index in [1.807, 2.05) is 6.07 Å². The van der Waals surface area contributed by atoms with E-state index in [2.05, 4.69) is 0 Å². The van der Waals surface area contributed by atoms with Crippen molar-refractivity contribution in [3.05, 3.63) is 35.6 Å². The first kappa shape index (κ1) is 11.4. The molecule has 0 aromatic heterocycles. The van der Waals surface area contributed by atoms with Crippen LogP contribution in [0.1, 0.15) is 5.56 Å². The van der Waals surface area contributed by atoms with Crippen LogP contribution in [0.4, 0.5) is 4.39 Å². The molecule has 1 aromatic carbocycles. The molecule has 0 saturated heterocycles. The van der Waals surface area contributed by atoms with Gasteiger partial charge in [-0.25, -0.2) is 0 Å². The monoisotopic (exact) mass is 244 g/mol. The van der Waals surface area contributed by atoms with Gasteiger partial charge in [-0.1, -0.05) is 0 Å². The van der Waals surface area contributed by atoms with Gasteiger partial charge in [0.2, 0.25) is 0 Å². The van der Waals surface area contributed by atoms with E-state index in [0.29, 0.717) is 0 Å². The quantitative estimate of drug-likeness (QED) is 0.704. The van der Waals surface area contributed by atoms with Crippen LogP contribution in [0.15, 0.2) is 24.3 Å². The van der Waals surface area contributed by atoms with E-state index in [9.17, 15) is 4.39 Å². The Bertz CT molecular complexity index is 217. The standard InChI is InChI=1S/C7H6F.2ClH.Zn/c1-6-4-2-3-5-7(6)8;;;/h2-5H,1H2;2*1H;/q;;;+1/p-1. The summed E-state index contributed by atoms with van der Waals surface area (Å²) in [6.07, 6.45) is 0. The normalized spacial score (nSPS) is 8.18. The van der Waals surface area contributed by atoms with Crippen molar-refractivity contribution in [3.63, 3.8) is 0 Å². The molecule has 0 aliphatic heterocycles. The third-order valence-electron chi connectivity index (χ3n) is 1.32. The molecule has 1 rings (SSSR count). The van der Waals surface area contributed by atoms with Crippen LogP contribution in [-0.4, -0.2) is 0 Å². The Morgan fingerprint density at radius 1 is 1.36 bits per heavy atom. The zero-order chi connectivity index (χ0) is 7.40. The molecule has 0 aliphatic carbocycles. The van der Waals surface area contributed by atoms with Crippen LogP contribution in [0.5, 0.6) is 0 Å². The van der Waals surface area contributed by atoms with Gasteiger partial charge in [0.15, 0.2) is 0 Å². The van der Waals surface area contributed by atoms with E-state index < -0.39 is 16.1 Å². The van der Waals surface area contributed by atoms with Gasteiger partial charge >= 0.3 is 70.9 Å². The molecule has 0 saturated carbocycles. The molecule has 1 aromatic rings. The summed E-state index contributed by atoms with van der Waals surface area (Å²) in [6, 6.07) is 6.81. The minimum absolute atomic E-state index is 0. The molecular formula is C7H7Cl2FZn. The van der Waals surface area contributed by atoms with Gasteiger partial charge in [0.1, 0.15) is 0 Å². The molecule has 0 bridgehead atoms. The number of hydrogen-bond acceptors (Lipinski definition) is 0. The van der Waals surface area contributed by atoms with Crippen molar-refractivity contribution in [3.8, 4) is 0 Å². The van der Waals surface area contributed by atoms with E-state index in [0.717, 1.165) is 10.6 Å². The van der Waals surface area contributed by atoms with Gasteiger partial charge in [-0.3, -0.25) is 0 Å². The maximum atomic E-state index is 12.7. The molecule has 0 atom stereocenters. The summed E-state index contributed by atoms with van der Waals surface area (Å²) in [5.74, 6) is -0.117. The average Bonchev–Trinajstić information content (AvgIpc) is 1.94. The summed E-state index contributed by atoms with van der Waals surface area (Å²) in [5.41, 5.74) is 0.775. The fourth-order valence-electron chi connectivity index (χ4n) is 0.803. The molecule has 0 spiro atoms. The first-order valence-electron chi connectivity index (χ1n) is 3.14. The molecule has 0 radical (unpaired) electrons. The second-order valence-electron chi connectivity index (χ2n) is 2.03. The first-order chi connectivity index (χ1) is 4.84. The van der Waals surface area contributed by atoms with Crippen LogP contribution in [0, 0.1) is 5.82 Å². The molecular weight excluding hydrogens is 239 g/mol. The van der Waals surface area contributed by atoms with Gasteiger partial charge in [-0.15, -0.1) is 12.4 Å². The van der Waals surface area contributed by atoms with Crippen LogP contribution in [-0.2, 0) is 21.2 Å². The molecule has 58 valence electrons. The Balaban J connectivity index is 0.000001000. The van der Waals surface area contributed by atoms with Crippen molar-refractivity contribution < 1.29 is 20.5 Å². The molecule has 4 heteroatoms. The topological polar surface area (TPSA) is 0 Å². The zero-order valence-corrected chi connectivity index (χ0v) is 10.4. The third kappa shape index (κ3) is 3.51. The fourth-order valence-corrected chi connectivity index (χ4v) is 3.14. The third-order valence-corrected chi connectivity index (χ3v) is 3.83. The van der Waals surface area contributed by atoms with Crippen molar-refractivity contribution in [2.75, 3.05) is 0 Å². The van der Waals surface area contributed by atoms with Gasteiger partial charge in [-0.2, -0.15) is 0 Å². The van der Waals surface area contributed by atoms with Crippen molar-refractivity contribution >= 4 is 22.1 Å². The fraction of sp³-hybridized carbons (Fsp3) is 0.143. The Labute approximate surface area is 83.2 Å². The number of hydrogen-bond donors (Lipinski definition) is 0. The first-order valence-corrected chi connectivity index (χ1v) is 9.13. The van der Waals surface area contributed by atoms with Crippen LogP contribution in [0.2, 0.25) is 0 Å². The number of benzene rings is 1. The molecule has 0 unspecified atom stereocenters. The number of halogens is 3. The van der Waals surface area contributed by atoms with E-state index >= 15 is 0 Å². The SMILES string of the molecule is Cl.Fc1ccccc1[CH2][Zn][Cl]. The van der Waals surface area contributed by atoms with Crippen LogP contribution >= 0.6 is 22.1 Å². The summed E-state index contributed by atoms with van der Waals surface area (Å²) in [7, 11) is 5.63. The Hall–Kier alpha value is 0.353. The summed E-state index contributed by atoms with van der Waals surface area (Å²) in [4.78, 5) is 0. The second kappa shape index (κ2) is 5.94. The molecule has 0 amide bonds. The van der Waals surface area contributed by atoms with Gasteiger partial charge in [-0.05, 0) is 0 Å². The summed E-state index contributed by atoms with van der Waals surface area (Å²) in [6.45, 7) is 0. The van der Waals surface area contributed by atoms with E-state index in [1.165, 1.54) is 6.07 Å². The van der Waals surface area contributed by atoms with Crippen LogP contribution in [0.25, 0.3) is 0 Å². The van der Waals surface area contributed by atoms with Crippen molar-refractivity contribution in [2.45, 2.75) is 5.02 Å². The Morgan fingerprint density at radius 2 is 2.00 bits per heavy atom. The molecule has 11 heavy (non-hydrogen) atoms. The van der Waals surface area contributed by atoms with E-state index in [4.69, 9.17) is 9.69 Å². The second-order valence-corrected chi connectivity index (χ2v) is 5.84. The Morgan fingerprint density at radius 3 is 2.55 bits per heavy atom. The number of rotatable bonds is 2. The van der Waals surface area contributed by atoms with Gasteiger partial charge in [0, 0.05) is 0 Å². The van der Waals surface area contributed by atoms with E-state index in [-0.39, 0.29) is 18.2 Å². The Kier molecular flexibility index (Phi) is 6.13. The predicted molar refractivity (Wildman–Crippen MR) is 43.2 cm³/mol. The minimum atomic E-state index is -0.940. The van der Waals surface area contributed by atoms with Crippen molar-refractivity contribution in [2.24, 2.45) is 0 Å². The zero-order valence-electron chi connectivity index (χ0n) is 5.89. The summed E-state index contributed by atoms with van der Waals surface area (Å²) in [5, 5.41) is 0.793. The van der Waals surface area contributed by atoms with E-state index in [1.54, 1.807) is 12.1 Å². The average molecular weight is 246 g/mol. The van der Waals surface area contributed by atoms with Crippen LogP contribution in [0.3, 0.4) is 0 Å².